The highest BCUT2D eigenvalue weighted by Crippen LogP contribution is 2.20. The Morgan fingerprint density at radius 1 is 1.03 bits per heavy atom. The van der Waals surface area contributed by atoms with Gasteiger partial charge in [0, 0.05) is 30.1 Å². The first-order valence-electron chi connectivity index (χ1n) is 11.7. The van der Waals surface area contributed by atoms with Crippen LogP contribution in [-0.4, -0.2) is 28.6 Å². The van der Waals surface area contributed by atoms with Gasteiger partial charge in [-0.05, 0) is 74.7 Å². The lowest BCUT2D eigenvalue weighted by atomic mass is 10.1. The molecule has 5 nitrogen and oxygen atoms in total. The lowest BCUT2D eigenvalue weighted by molar-refractivity contribution is 0.0954. The molecule has 6 heteroatoms. The van der Waals surface area contributed by atoms with Crippen LogP contribution < -0.4 is 10.1 Å². The second-order valence-corrected chi connectivity index (χ2v) is 8.94. The number of amides is 1. The van der Waals surface area contributed by atoms with Crippen molar-refractivity contribution < 1.29 is 9.53 Å². The summed E-state index contributed by atoms with van der Waals surface area (Å²) >= 11 is 5.91. The molecular formula is C28H30ClN3O2. The molecule has 0 unspecified atom stereocenters. The number of aromatic nitrogens is 2. The Labute approximate surface area is 205 Å². The Hall–Kier alpha value is -3.31. The van der Waals surface area contributed by atoms with Crippen molar-refractivity contribution in [2.24, 2.45) is 0 Å². The highest BCUT2D eigenvalue weighted by molar-refractivity contribution is 6.30. The molecule has 0 saturated heterocycles. The van der Waals surface area contributed by atoms with Gasteiger partial charge in [-0.2, -0.15) is 0 Å². The van der Waals surface area contributed by atoms with Gasteiger partial charge in [0.05, 0.1) is 17.6 Å². The summed E-state index contributed by atoms with van der Waals surface area (Å²) in [5.41, 5.74) is 5.11. The highest BCUT2D eigenvalue weighted by atomic mass is 35.5. The Kier molecular flexibility index (Phi) is 7.86. The summed E-state index contributed by atoms with van der Waals surface area (Å²) in [6.07, 6.45) is 2.59. The van der Waals surface area contributed by atoms with E-state index in [-0.39, 0.29) is 5.91 Å². The maximum atomic E-state index is 12.4. The fraction of sp³-hybridized carbons (Fsp3) is 0.286. The third-order valence-corrected chi connectivity index (χ3v) is 6.09. The van der Waals surface area contributed by atoms with Crippen molar-refractivity contribution in [1.29, 1.82) is 0 Å². The fourth-order valence-corrected chi connectivity index (χ4v) is 4.20. The van der Waals surface area contributed by atoms with E-state index in [0.29, 0.717) is 30.2 Å². The summed E-state index contributed by atoms with van der Waals surface area (Å²) in [7, 11) is 0. The molecule has 0 aliphatic carbocycles. The number of para-hydroxylation sites is 2. The van der Waals surface area contributed by atoms with Crippen molar-refractivity contribution in [3.05, 3.63) is 94.3 Å². The maximum absolute atomic E-state index is 12.4. The van der Waals surface area contributed by atoms with Gasteiger partial charge in [0.2, 0.25) is 0 Å². The van der Waals surface area contributed by atoms with Gasteiger partial charge in [0.15, 0.2) is 0 Å². The van der Waals surface area contributed by atoms with Gasteiger partial charge in [-0.15, -0.1) is 0 Å². The van der Waals surface area contributed by atoms with E-state index in [2.05, 4.69) is 41.9 Å². The molecule has 0 aliphatic rings. The smallest absolute Gasteiger partial charge is 0.251 e. The largest absolute Gasteiger partial charge is 0.493 e. The van der Waals surface area contributed by atoms with Crippen molar-refractivity contribution in [3.63, 3.8) is 0 Å². The number of hydrogen-bond acceptors (Lipinski definition) is 3. The lowest BCUT2D eigenvalue weighted by Gasteiger charge is -2.12. The van der Waals surface area contributed by atoms with Gasteiger partial charge in [0.1, 0.15) is 11.6 Å². The van der Waals surface area contributed by atoms with E-state index in [4.69, 9.17) is 21.3 Å². The zero-order chi connectivity index (χ0) is 23.9. The number of halogens is 1. The predicted molar refractivity (Wildman–Crippen MR) is 138 cm³/mol. The minimum absolute atomic E-state index is 0.108. The number of benzene rings is 3. The zero-order valence-electron chi connectivity index (χ0n) is 19.7. The summed E-state index contributed by atoms with van der Waals surface area (Å²) < 4.78 is 8.25. The van der Waals surface area contributed by atoms with Gasteiger partial charge in [-0.3, -0.25) is 4.79 Å². The number of fused-ring (bicyclic) bond motifs is 1. The molecule has 0 saturated carbocycles. The summed E-state index contributed by atoms with van der Waals surface area (Å²) in [6.45, 7) is 6.23. The van der Waals surface area contributed by atoms with Crippen molar-refractivity contribution in [2.45, 2.75) is 39.7 Å². The monoisotopic (exact) mass is 475 g/mol. The number of hydrogen-bond donors (Lipinski definition) is 1. The summed E-state index contributed by atoms with van der Waals surface area (Å²) in [5.74, 6) is 1.83. The molecule has 1 heterocycles. The second-order valence-electron chi connectivity index (χ2n) is 8.51. The van der Waals surface area contributed by atoms with Gasteiger partial charge < -0.3 is 14.6 Å². The molecule has 34 heavy (non-hydrogen) atoms. The van der Waals surface area contributed by atoms with E-state index < -0.39 is 0 Å². The fourth-order valence-electron chi connectivity index (χ4n) is 4.07. The number of ether oxygens (including phenoxy) is 1. The van der Waals surface area contributed by atoms with Crippen LogP contribution in [0.1, 0.15) is 40.2 Å². The van der Waals surface area contributed by atoms with Crippen LogP contribution in [0.5, 0.6) is 5.75 Å². The number of carbonyl (C=O) groups excluding carboxylic acids is 1. The molecule has 0 radical (unpaired) electrons. The topological polar surface area (TPSA) is 56.1 Å². The van der Waals surface area contributed by atoms with Crippen LogP contribution in [-0.2, 0) is 13.0 Å². The average molecular weight is 476 g/mol. The van der Waals surface area contributed by atoms with Gasteiger partial charge in [-0.1, -0.05) is 41.4 Å². The summed E-state index contributed by atoms with van der Waals surface area (Å²) in [6, 6.07) is 21.3. The number of imidazole rings is 1. The third-order valence-electron chi connectivity index (χ3n) is 5.84. The first-order chi connectivity index (χ1) is 16.5. The van der Waals surface area contributed by atoms with Crippen LogP contribution in [0, 0.1) is 13.8 Å². The molecule has 0 spiro atoms. The van der Waals surface area contributed by atoms with Crippen LogP contribution >= 0.6 is 11.6 Å². The molecule has 176 valence electrons. The molecule has 1 amide bonds. The Morgan fingerprint density at radius 2 is 1.82 bits per heavy atom. The third kappa shape index (κ3) is 5.97. The second kappa shape index (κ2) is 11.2. The predicted octanol–water partition coefficient (Wildman–Crippen LogP) is 6.14. The SMILES string of the molecule is Cc1ccc(OCCCCn2c(CCNC(=O)c3ccc(Cl)cc3)nc3ccccc32)c(C)c1. The molecule has 0 aliphatic heterocycles. The Bertz CT molecular complexity index is 1260. The molecule has 4 aromatic rings. The molecule has 3 aromatic carbocycles. The Morgan fingerprint density at radius 3 is 2.62 bits per heavy atom. The van der Waals surface area contributed by atoms with E-state index in [1.165, 1.54) is 11.1 Å². The summed E-state index contributed by atoms with van der Waals surface area (Å²) in [5, 5.41) is 3.60. The van der Waals surface area contributed by atoms with Crippen molar-refractivity contribution >= 4 is 28.5 Å². The van der Waals surface area contributed by atoms with Crippen LogP contribution in [0.3, 0.4) is 0 Å². The minimum atomic E-state index is -0.108. The summed E-state index contributed by atoms with van der Waals surface area (Å²) in [4.78, 5) is 17.2. The number of unbranched alkanes of at least 4 members (excludes halogenated alkanes) is 1. The van der Waals surface area contributed by atoms with Crippen molar-refractivity contribution in [1.82, 2.24) is 14.9 Å². The minimum Gasteiger partial charge on any atom is -0.493 e. The van der Waals surface area contributed by atoms with E-state index in [1.54, 1.807) is 24.3 Å². The molecule has 1 aromatic heterocycles. The van der Waals surface area contributed by atoms with Gasteiger partial charge in [0.25, 0.3) is 5.91 Å². The lowest BCUT2D eigenvalue weighted by Crippen LogP contribution is -2.26. The number of carbonyl (C=O) groups is 1. The van der Waals surface area contributed by atoms with Crippen LogP contribution in [0.4, 0.5) is 0 Å². The molecule has 0 bridgehead atoms. The first kappa shape index (κ1) is 23.8. The van der Waals surface area contributed by atoms with Crippen LogP contribution in [0.15, 0.2) is 66.7 Å². The van der Waals surface area contributed by atoms with Crippen LogP contribution in [0.25, 0.3) is 11.0 Å². The maximum Gasteiger partial charge on any atom is 0.251 e. The Balaban J connectivity index is 1.33. The van der Waals surface area contributed by atoms with E-state index >= 15 is 0 Å². The van der Waals surface area contributed by atoms with Crippen molar-refractivity contribution in [3.8, 4) is 5.75 Å². The van der Waals surface area contributed by atoms with E-state index in [1.807, 2.05) is 24.3 Å². The van der Waals surface area contributed by atoms with E-state index in [9.17, 15) is 4.79 Å². The van der Waals surface area contributed by atoms with Gasteiger partial charge >= 0.3 is 0 Å². The zero-order valence-corrected chi connectivity index (χ0v) is 20.4. The molecule has 1 N–H and O–H groups in total. The standard InChI is InChI=1S/C28H30ClN3O2/c1-20-9-14-26(21(2)19-20)34-18-6-5-17-32-25-8-4-3-7-24(25)31-27(32)15-16-30-28(33)22-10-12-23(29)13-11-22/h3-4,7-14,19H,5-6,15-18H2,1-2H3,(H,30,33). The van der Waals surface area contributed by atoms with Crippen LogP contribution in [0.2, 0.25) is 5.02 Å². The number of aryl methyl sites for hydroxylation is 3. The number of nitrogens with one attached hydrogen (secondary N) is 1. The van der Waals surface area contributed by atoms with Gasteiger partial charge in [-0.25, -0.2) is 4.98 Å². The normalized spacial score (nSPS) is 11.0. The van der Waals surface area contributed by atoms with E-state index in [0.717, 1.165) is 42.0 Å². The van der Waals surface area contributed by atoms with Crippen molar-refractivity contribution in [2.75, 3.05) is 13.2 Å². The average Bonchev–Trinajstić information content (AvgIpc) is 3.18. The molecule has 0 atom stereocenters. The molecule has 0 fully saturated rings. The first-order valence-corrected chi connectivity index (χ1v) is 12.1. The highest BCUT2D eigenvalue weighted by Gasteiger charge is 2.11. The molecular weight excluding hydrogens is 446 g/mol. The molecule has 4 rings (SSSR count). The number of nitrogens with zero attached hydrogens (tertiary/aromatic N) is 2. The quantitative estimate of drug-likeness (QED) is 0.280. The number of rotatable bonds is 10.